The smallest absolute Gasteiger partial charge is 0.140 e. The first-order chi connectivity index (χ1) is 9.10. The van der Waals surface area contributed by atoms with Crippen LogP contribution in [0.25, 0.3) is 0 Å². The van der Waals surface area contributed by atoms with Crippen LogP contribution in [0.2, 0.25) is 0 Å². The number of hydrogen-bond acceptors (Lipinski definition) is 2. The fourth-order valence-corrected chi connectivity index (χ4v) is 1.68. The molecule has 19 heavy (non-hydrogen) atoms. The molecule has 2 rings (SSSR count). The maximum atomic E-state index is 13.1. The Morgan fingerprint density at radius 3 is 2.63 bits per heavy atom. The molecule has 0 aromatic heterocycles. The molecule has 0 aliphatic heterocycles. The second kappa shape index (κ2) is 5.49. The second-order valence-corrected chi connectivity index (χ2v) is 4.12. The molecule has 0 unspecified atom stereocenters. The van der Waals surface area contributed by atoms with Crippen molar-refractivity contribution in [1.82, 2.24) is 0 Å². The Hall–Kier alpha value is -2.41. The molecule has 2 nitrogen and oxygen atoms in total. The van der Waals surface area contributed by atoms with Crippen LogP contribution in [0.4, 0.5) is 8.78 Å². The molecule has 0 bridgehead atoms. The average Bonchev–Trinajstić information content (AvgIpc) is 2.39. The molecule has 2 aromatic carbocycles. The molecule has 96 valence electrons. The Morgan fingerprint density at radius 1 is 1.16 bits per heavy atom. The average molecular weight is 259 g/mol. The number of hydrogen-bond donors (Lipinski definition) is 0. The highest BCUT2D eigenvalue weighted by Gasteiger charge is 2.05. The van der Waals surface area contributed by atoms with E-state index in [-0.39, 0.29) is 18.0 Å². The van der Waals surface area contributed by atoms with E-state index >= 15 is 0 Å². The Labute approximate surface area is 109 Å². The van der Waals surface area contributed by atoms with Crippen molar-refractivity contribution < 1.29 is 13.5 Å². The van der Waals surface area contributed by atoms with Crippen molar-refractivity contribution in [2.75, 3.05) is 0 Å². The quantitative estimate of drug-likeness (QED) is 0.841. The van der Waals surface area contributed by atoms with Crippen LogP contribution in [-0.2, 0) is 6.61 Å². The third kappa shape index (κ3) is 3.08. The lowest BCUT2D eigenvalue weighted by atomic mass is 10.1. The van der Waals surface area contributed by atoms with E-state index in [1.54, 1.807) is 25.1 Å². The van der Waals surface area contributed by atoms with Crippen LogP contribution in [0.1, 0.15) is 16.7 Å². The first-order valence-corrected chi connectivity index (χ1v) is 5.67. The minimum atomic E-state index is -0.552. The monoisotopic (exact) mass is 259 g/mol. The van der Waals surface area contributed by atoms with Crippen molar-refractivity contribution in [3.63, 3.8) is 0 Å². The zero-order chi connectivity index (χ0) is 13.8. The molecule has 0 amide bonds. The molecule has 2 aromatic rings. The lowest BCUT2D eigenvalue weighted by Gasteiger charge is -2.09. The predicted octanol–water partition coefficient (Wildman–Crippen LogP) is 3.72. The fraction of sp³-hybridized carbons (Fsp3) is 0.133. The summed E-state index contributed by atoms with van der Waals surface area (Å²) in [5, 5.41) is 8.73. The fourth-order valence-electron chi connectivity index (χ4n) is 1.68. The number of nitrogens with zero attached hydrogens (tertiary/aromatic N) is 1. The third-order valence-electron chi connectivity index (χ3n) is 2.68. The highest BCUT2D eigenvalue weighted by Crippen LogP contribution is 2.20. The van der Waals surface area contributed by atoms with Gasteiger partial charge >= 0.3 is 0 Å². The van der Waals surface area contributed by atoms with Gasteiger partial charge in [0.25, 0.3) is 0 Å². The first-order valence-electron chi connectivity index (χ1n) is 5.67. The second-order valence-electron chi connectivity index (χ2n) is 4.12. The molecule has 0 saturated carbocycles. The van der Waals surface area contributed by atoms with Gasteiger partial charge in [0, 0.05) is 0 Å². The minimum Gasteiger partial charge on any atom is -0.489 e. The number of ether oxygens (including phenoxy) is 1. The summed E-state index contributed by atoms with van der Waals surface area (Å²) in [5.74, 6) is -0.313. The van der Waals surface area contributed by atoms with E-state index < -0.39 is 5.82 Å². The number of halogens is 2. The van der Waals surface area contributed by atoms with E-state index in [1.165, 1.54) is 24.3 Å². The number of nitriles is 1. The zero-order valence-corrected chi connectivity index (χ0v) is 10.3. The van der Waals surface area contributed by atoms with Gasteiger partial charge in [0.15, 0.2) is 0 Å². The number of aryl methyl sites for hydroxylation is 1. The summed E-state index contributed by atoms with van der Waals surface area (Å²) >= 11 is 0. The molecule has 0 aliphatic carbocycles. The summed E-state index contributed by atoms with van der Waals surface area (Å²) in [7, 11) is 0. The van der Waals surface area contributed by atoms with Crippen molar-refractivity contribution >= 4 is 0 Å². The Balaban J connectivity index is 2.13. The summed E-state index contributed by atoms with van der Waals surface area (Å²) in [4.78, 5) is 0. The Morgan fingerprint density at radius 2 is 1.95 bits per heavy atom. The van der Waals surface area contributed by atoms with Gasteiger partial charge in [-0.05, 0) is 48.4 Å². The van der Waals surface area contributed by atoms with Crippen LogP contribution < -0.4 is 4.74 Å². The third-order valence-corrected chi connectivity index (χ3v) is 2.68. The largest absolute Gasteiger partial charge is 0.489 e. The van der Waals surface area contributed by atoms with E-state index in [0.717, 1.165) is 0 Å². The lowest BCUT2D eigenvalue weighted by molar-refractivity contribution is 0.303. The van der Waals surface area contributed by atoms with Crippen molar-refractivity contribution in [3.05, 3.63) is 64.7 Å². The zero-order valence-electron chi connectivity index (χ0n) is 10.3. The van der Waals surface area contributed by atoms with Gasteiger partial charge in [0.05, 0.1) is 5.56 Å². The van der Waals surface area contributed by atoms with Crippen LogP contribution in [0.15, 0.2) is 36.4 Å². The van der Waals surface area contributed by atoms with E-state index in [4.69, 9.17) is 10.00 Å². The van der Waals surface area contributed by atoms with Gasteiger partial charge in [-0.25, -0.2) is 8.78 Å². The van der Waals surface area contributed by atoms with Crippen molar-refractivity contribution in [2.45, 2.75) is 13.5 Å². The Bertz CT molecular complexity index is 647. The van der Waals surface area contributed by atoms with E-state index in [2.05, 4.69) is 0 Å². The maximum absolute atomic E-state index is 13.1. The molecule has 0 heterocycles. The van der Waals surface area contributed by atoms with Crippen LogP contribution in [-0.4, -0.2) is 0 Å². The molecule has 0 spiro atoms. The van der Waals surface area contributed by atoms with Gasteiger partial charge in [-0.1, -0.05) is 6.07 Å². The maximum Gasteiger partial charge on any atom is 0.140 e. The van der Waals surface area contributed by atoms with Gasteiger partial charge in [-0.15, -0.1) is 0 Å². The molecular formula is C15H11F2NO. The summed E-state index contributed by atoms with van der Waals surface area (Å²) in [6.07, 6.45) is 0. The molecule has 4 heteroatoms. The van der Waals surface area contributed by atoms with Gasteiger partial charge in [-0.2, -0.15) is 5.26 Å². The SMILES string of the molecule is Cc1cc(F)ccc1OCc1ccc(F)c(C#N)c1. The van der Waals surface area contributed by atoms with Crippen LogP contribution in [0, 0.1) is 29.9 Å². The highest BCUT2D eigenvalue weighted by atomic mass is 19.1. The topological polar surface area (TPSA) is 33.0 Å². The Kier molecular flexibility index (Phi) is 3.76. The summed E-state index contributed by atoms with van der Waals surface area (Å²) in [5.41, 5.74) is 1.35. The number of benzene rings is 2. The van der Waals surface area contributed by atoms with Crippen LogP contribution >= 0.6 is 0 Å². The standard InChI is InChI=1S/C15H11F2NO/c1-10-6-13(16)3-5-15(10)19-9-11-2-4-14(17)12(7-11)8-18/h2-7H,9H2,1H3. The van der Waals surface area contributed by atoms with Crippen molar-refractivity contribution in [1.29, 1.82) is 5.26 Å². The van der Waals surface area contributed by atoms with E-state index in [9.17, 15) is 8.78 Å². The van der Waals surface area contributed by atoms with Gasteiger partial charge < -0.3 is 4.74 Å². The van der Waals surface area contributed by atoms with Crippen LogP contribution in [0.5, 0.6) is 5.75 Å². The normalized spacial score (nSPS) is 10.0. The summed E-state index contributed by atoms with van der Waals surface area (Å²) in [6.45, 7) is 1.94. The predicted molar refractivity (Wildman–Crippen MR) is 66.6 cm³/mol. The molecular weight excluding hydrogens is 248 g/mol. The molecule has 0 atom stereocenters. The van der Waals surface area contributed by atoms with E-state index in [1.807, 2.05) is 0 Å². The van der Waals surface area contributed by atoms with E-state index in [0.29, 0.717) is 16.9 Å². The van der Waals surface area contributed by atoms with Crippen molar-refractivity contribution in [3.8, 4) is 11.8 Å². The molecule has 0 radical (unpaired) electrons. The van der Waals surface area contributed by atoms with Crippen molar-refractivity contribution in [2.24, 2.45) is 0 Å². The summed E-state index contributed by atoms with van der Waals surface area (Å²) in [6, 6.07) is 10.2. The molecule has 0 saturated heterocycles. The minimum absolute atomic E-state index is 0.0167. The lowest BCUT2D eigenvalue weighted by Crippen LogP contribution is -1.98. The van der Waals surface area contributed by atoms with Crippen LogP contribution in [0.3, 0.4) is 0 Å². The van der Waals surface area contributed by atoms with Gasteiger partial charge in [0.2, 0.25) is 0 Å². The summed E-state index contributed by atoms with van der Waals surface area (Å²) < 4.78 is 31.6. The van der Waals surface area contributed by atoms with Gasteiger partial charge in [0.1, 0.15) is 30.1 Å². The molecule has 0 aliphatic rings. The number of rotatable bonds is 3. The molecule has 0 fully saturated rings. The highest BCUT2D eigenvalue weighted by molar-refractivity contribution is 5.35. The molecule has 0 N–H and O–H groups in total. The first kappa shape index (κ1) is 13.0. The van der Waals surface area contributed by atoms with Gasteiger partial charge in [-0.3, -0.25) is 0 Å².